The van der Waals surface area contributed by atoms with Gasteiger partial charge < -0.3 is 25.8 Å². The predicted molar refractivity (Wildman–Crippen MR) is 134 cm³/mol. The maximum absolute atomic E-state index is 13.0. The number of hydrogen-bond acceptors (Lipinski definition) is 5. The van der Waals surface area contributed by atoms with Crippen molar-refractivity contribution in [3.8, 4) is 0 Å². The number of carboxylic acids is 1. The van der Waals surface area contributed by atoms with Crippen molar-refractivity contribution in [1.29, 1.82) is 0 Å². The number of alkyl carbamates (subject to hydrolysis) is 1. The van der Waals surface area contributed by atoms with Crippen LogP contribution >= 0.6 is 0 Å². The number of hydrogen-bond donors (Lipinski definition) is 4. The summed E-state index contributed by atoms with van der Waals surface area (Å²) in [7, 11) is 0. The number of nitrogens with one attached hydrogen (secondary N) is 3. The second kappa shape index (κ2) is 14.3. The molecule has 4 N–H and O–H groups in total. The summed E-state index contributed by atoms with van der Waals surface area (Å²) in [6.07, 6.45) is 1.34. The molecule has 0 saturated heterocycles. The summed E-state index contributed by atoms with van der Waals surface area (Å²) in [5.74, 6) is -2.01. The van der Waals surface area contributed by atoms with Crippen LogP contribution in [0.2, 0.25) is 0 Å². The van der Waals surface area contributed by atoms with E-state index in [9.17, 15) is 24.3 Å². The second-order valence-corrected chi connectivity index (χ2v) is 10.1. The SMILES string of the molecule is CCCC[C@@H](NC(=O)[C@@H](CC(C)C)NC(=O)CC(NC(=O)OC(C)(C)C)c1ccccc1)C(=O)O. The van der Waals surface area contributed by atoms with E-state index in [4.69, 9.17) is 4.74 Å². The summed E-state index contributed by atoms with van der Waals surface area (Å²) in [4.78, 5) is 49.8. The van der Waals surface area contributed by atoms with E-state index in [-0.39, 0.29) is 12.3 Å². The zero-order chi connectivity index (χ0) is 26.6. The third-order valence-electron chi connectivity index (χ3n) is 5.10. The Kier molecular flexibility index (Phi) is 12.3. The Hall–Kier alpha value is -3.10. The van der Waals surface area contributed by atoms with E-state index in [1.807, 2.05) is 26.8 Å². The van der Waals surface area contributed by atoms with Crippen LogP contribution in [-0.4, -0.2) is 46.7 Å². The minimum absolute atomic E-state index is 0.0785. The Morgan fingerprint density at radius 2 is 1.60 bits per heavy atom. The normalized spacial score (nSPS) is 13.9. The topological polar surface area (TPSA) is 134 Å². The second-order valence-electron chi connectivity index (χ2n) is 10.1. The highest BCUT2D eigenvalue weighted by Gasteiger charge is 2.28. The van der Waals surface area contributed by atoms with E-state index >= 15 is 0 Å². The van der Waals surface area contributed by atoms with Crippen LogP contribution in [0.15, 0.2) is 30.3 Å². The molecule has 1 rings (SSSR count). The van der Waals surface area contributed by atoms with Crippen molar-refractivity contribution in [3.05, 3.63) is 35.9 Å². The van der Waals surface area contributed by atoms with Crippen LogP contribution in [0.1, 0.15) is 85.3 Å². The fourth-order valence-electron chi connectivity index (χ4n) is 3.47. The number of unbranched alkanes of at least 4 members (excludes halogenated alkanes) is 1. The first kappa shape index (κ1) is 29.9. The smallest absolute Gasteiger partial charge is 0.408 e. The lowest BCUT2D eigenvalue weighted by Gasteiger charge is -2.25. The van der Waals surface area contributed by atoms with Gasteiger partial charge in [-0.25, -0.2) is 9.59 Å². The maximum atomic E-state index is 13.0. The average molecular weight is 492 g/mol. The molecule has 35 heavy (non-hydrogen) atoms. The Labute approximate surface area is 208 Å². The molecule has 0 aliphatic heterocycles. The van der Waals surface area contributed by atoms with Crippen molar-refractivity contribution in [2.75, 3.05) is 0 Å². The molecule has 1 aromatic rings. The molecule has 196 valence electrons. The van der Waals surface area contributed by atoms with E-state index in [0.717, 1.165) is 6.42 Å². The summed E-state index contributed by atoms with van der Waals surface area (Å²) < 4.78 is 5.34. The van der Waals surface area contributed by atoms with E-state index in [1.165, 1.54) is 0 Å². The van der Waals surface area contributed by atoms with Gasteiger partial charge in [0.05, 0.1) is 12.5 Å². The highest BCUT2D eigenvalue weighted by molar-refractivity contribution is 5.90. The van der Waals surface area contributed by atoms with Crippen molar-refractivity contribution in [2.45, 2.75) is 97.4 Å². The molecule has 0 aliphatic carbocycles. The van der Waals surface area contributed by atoms with Gasteiger partial charge >= 0.3 is 12.1 Å². The molecule has 9 nitrogen and oxygen atoms in total. The molecule has 3 amide bonds. The first-order chi connectivity index (χ1) is 16.3. The van der Waals surface area contributed by atoms with Crippen LogP contribution in [0.25, 0.3) is 0 Å². The standard InChI is InChI=1S/C26H41N3O6/c1-7-8-14-19(24(32)33)28-23(31)21(15-17(2)3)27-22(30)16-20(18-12-10-9-11-13-18)29-25(34)35-26(4,5)6/h9-13,17,19-21H,7-8,14-16H2,1-6H3,(H,27,30)(H,28,31)(H,29,34)(H,32,33)/t19-,20?,21-/m1/s1. The van der Waals surface area contributed by atoms with Gasteiger partial charge in [-0.15, -0.1) is 0 Å². The zero-order valence-corrected chi connectivity index (χ0v) is 21.7. The number of rotatable bonds is 13. The van der Waals surface area contributed by atoms with Crippen LogP contribution in [0, 0.1) is 5.92 Å². The van der Waals surface area contributed by atoms with Crippen LogP contribution in [0.5, 0.6) is 0 Å². The van der Waals surface area contributed by atoms with Gasteiger partial charge in [0.15, 0.2) is 0 Å². The third-order valence-corrected chi connectivity index (χ3v) is 5.10. The van der Waals surface area contributed by atoms with Gasteiger partial charge in [0, 0.05) is 0 Å². The van der Waals surface area contributed by atoms with E-state index < -0.39 is 47.6 Å². The summed E-state index contributed by atoms with van der Waals surface area (Å²) >= 11 is 0. The predicted octanol–water partition coefficient (Wildman–Crippen LogP) is 3.93. The lowest BCUT2D eigenvalue weighted by Crippen LogP contribution is -2.52. The van der Waals surface area contributed by atoms with Crippen molar-refractivity contribution in [1.82, 2.24) is 16.0 Å². The van der Waals surface area contributed by atoms with Crippen LogP contribution in [0.4, 0.5) is 4.79 Å². The van der Waals surface area contributed by atoms with Crippen molar-refractivity contribution in [2.24, 2.45) is 5.92 Å². The fraction of sp³-hybridized carbons (Fsp3) is 0.615. The molecule has 0 heterocycles. The summed E-state index contributed by atoms with van der Waals surface area (Å²) in [6, 6.07) is 6.42. The summed E-state index contributed by atoms with van der Waals surface area (Å²) in [5, 5.41) is 17.5. The zero-order valence-electron chi connectivity index (χ0n) is 21.7. The first-order valence-corrected chi connectivity index (χ1v) is 12.2. The molecule has 1 unspecified atom stereocenters. The Morgan fingerprint density at radius 3 is 2.11 bits per heavy atom. The van der Waals surface area contributed by atoms with Gasteiger partial charge in [-0.3, -0.25) is 9.59 Å². The Morgan fingerprint density at radius 1 is 0.971 bits per heavy atom. The Balaban J connectivity index is 2.97. The molecule has 0 aliphatic rings. The molecule has 0 radical (unpaired) electrons. The number of carbonyl (C=O) groups is 4. The Bertz CT molecular complexity index is 835. The summed E-state index contributed by atoms with van der Waals surface area (Å²) in [5.41, 5.74) is 0.0100. The molecule has 1 aromatic carbocycles. The summed E-state index contributed by atoms with van der Waals surface area (Å²) in [6.45, 7) is 11.0. The maximum Gasteiger partial charge on any atom is 0.408 e. The minimum atomic E-state index is -1.10. The van der Waals surface area contributed by atoms with Crippen molar-refractivity contribution < 1.29 is 29.0 Å². The molecular weight excluding hydrogens is 450 g/mol. The molecule has 0 aromatic heterocycles. The molecular formula is C26H41N3O6. The van der Waals surface area contributed by atoms with Crippen LogP contribution in [-0.2, 0) is 19.1 Å². The monoisotopic (exact) mass is 491 g/mol. The molecule has 0 spiro atoms. The highest BCUT2D eigenvalue weighted by Crippen LogP contribution is 2.18. The quantitative estimate of drug-likeness (QED) is 0.330. The van der Waals surface area contributed by atoms with Gasteiger partial charge in [0.2, 0.25) is 11.8 Å². The number of carboxylic acid groups (broad SMARTS) is 1. The van der Waals surface area contributed by atoms with Crippen molar-refractivity contribution >= 4 is 23.9 Å². The number of aliphatic carboxylic acids is 1. The van der Waals surface area contributed by atoms with Gasteiger partial charge in [-0.1, -0.05) is 63.9 Å². The van der Waals surface area contributed by atoms with Crippen molar-refractivity contribution in [3.63, 3.8) is 0 Å². The van der Waals surface area contributed by atoms with Gasteiger partial charge in [-0.05, 0) is 45.1 Å². The van der Waals surface area contributed by atoms with E-state index in [1.54, 1.807) is 45.0 Å². The number of amides is 3. The average Bonchev–Trinajstić information content (AvgIpc) is 2.74. The molecule has 0 bridgehead atoms. The van der Waals surface area contributed by atoms with Crippen LogP contribution < -0.4 is 16.0 Å². The molecule has 3 atom stereocenters. The number of carbonyl (C=O) groups excluding carboxylic acids is 3. The third kappa shape index (κ3) is 12.2. The van der Waals surface area contributed by atoms with Gasteiger partial charge in [-0.2, -0.15) is 0 Å². The van der Waals surface area contributed by atoms with E-state index in [0.29, 0.717) is 24.8 Å². The van der Waals surface area contributed by atoms with E-state index in [2.05, 4.69) is 16.0 Å². The largest absolute Gasteiger partial charge is 0.480 e. The van der Waals surface area contributed by atoms with Gasteiger partial charge in [0.25, 0.3) is 0 Å². The molecule has 9 heteroatoms. The highest BCUT2D eigenvalue weighted by atomic mass is 16.6. The minimum Gasteiger partial charge on any atom is -0.480 e. The molecule has 0 saturated carbocycles. The lowest BCUT2D eigenvalue weighted by atomic mass is 10.0. The lowest BCUT2D eigenvalue weighted by molar-refractivity contribution is -0.142. The van der Waals surface area contributed by atoms with Gasteiger partial charge in [0.1, 0.15) is 17.7 Å². The number of ether oxygens (including phenoxy) is 1. The molecule has 0 fully saturated rings. The first-order valence-electron chi connectivity index (χ1n) is 12.2. The number of benzene rings is 1. The van der Waals surface area contributed by atoms with Crippen LogP contribution in [0.3, 0.4) is 0 Å². The fourth-order valence-corrected chi connectivity index (χ4v) is 3.47.